The number of nitrogens with one attached hydrogen (secondary N) is 2. The molecule has 0 spiro atoms. The summed E-state index contributed by atoms with van der Waals surface area (Å²) in [5.74, 6) is -1.57. The van der Waals surface area contributed by atoms with Crippen molar-refractivity contribution in [1.82, 2.24) is 10.6 Å². The summed E-state index contributed by atoms with van der Waals surface area (Å²) < 4.78 is 11.1. The Balaban J connectivity index is 1.29. The van der Waals surface area contributed by atoms with Crippen LogP contribution in [0.4, 0.5) is 4.79 Å². The van der Waals surface area contributed by atoms with E-state index >= 15 is 0 Å². The van der Waals surface area contributed by atoms with E-state index in [4.69, 9.17) is 14.6 Å². The molecular formula is C25H28N2O6. The molecule has 0 bridgehead atoms. The molecule has 3 atom stereocenters. The molecule has 2 aliphatic rings. The maximum absolute atomic E-state index is 12.5. The Labute approximate surface area is 192 Å². The fourth-order valence-electron chi connectivity index (χ4n) is 4.63. The molecule has 4 rings (SSSR count). The Bertz CT molecular complexity index is 994. The first-order valence-corrected chi connectivity index (χ1v) is 11.2. The van der Waals surface area contributed by atoms with Gasteiger partial charge in [-0.25, -0.2) is 4.79 Å². The molecule has 2 unspecified atom stereocenters. The standard InChI is InChI=1S/C25H28N2O6/c1-15(12-22(28)29)27-24(30)23-16(10-11-32-23)13-26-25(31)33-14-21-19-8-4-2-6-17(19)18-7-3-5-9-20(18)21/h2-9,15-16,21,23H,10-14H2,1H3,(H,26,31)(H,27,30)(H,28,29)/t15-,16?,23?/m1/s1. The normalized spacial score (nSPS) is 19.9. The van der Waals surface area contributed by atoms with Crippen LogP contribution in [0, 0.1) is 5.92 Å². The molecule has 1 aliphatic carbocycles. The molecular weight excluding hydrogens is 424 g/mol. The van der Waals surface area contributed by atoms with Crippen LogP contribution in [0.2, 0.25) is 0 Å². The number of benzene rings is 2. The van der Waals surface area contributed by atoms with Gasteiger partial charge in [0.1, 0.15) is 12.7 Å². The van der Waals surface area contributed by atoms with Gasteiger partial charge in [0, 0.05) is 31.0 Å². The van der Waals surface area contributed by atoms with Crippen molar-refractivity contribution in [2.45, 2.75) is 37.8 Å². The van der Waals surface area contributed by atoms with E-state index in [-0.39, 0.29) is 37.3 Å². The molecule has 174 valence electrons. The smallest absolute Gasteiger partial charge is 0.407 e. The van der Waals surface area contributed by atoms with Crippen molar-refractivity contribution in [1.29, 1.82) is 0 Å². The van der Waals surface area contributed by atoms with Crippen molar-refractivity contribution in [2.75, 3.05) is 19.8 Å². The summed E-state index contributed by atoms with van der Waals surface area (Å²) in [5, 5.41) is 14.3. The summed E-state index contributed by atoms with van der Waals surface area (Å²) in [6, 6.07) is 15.8. The van der Waals surface area contributed by atoms with Crippen LogP contribution < -0.4 is 10.6 Å². The zero-order chi connectivity index (χ0) is 23.4. The Morgan fingerprint density at radius 2 is 1.73 bits per heavy atom. The number of amides is 2. The molecule has 2 amide bonds. The van der Waals surface area contributed by atoms with E-state index in [1.807, 2.05) is 24.3 Å². The first-order valence-electron chi connectivity index (χ1n) is 11.2. The van der Waals surface area contributed by atoms with Crippen molar-refractivity contribution in [3.05, 3.63) is 59.7 Å². The van der Waals surface area contributed by atoms with Crippen LogP contribution in [0.1, 0.15) is 36.8 Å². The molecule has 8 nitrogen and oxygen atoms in total. The van der Waals surface area contributed by atoms with E-state index in [0.29, 0.717) is 13.0 Å². The van der Waals surface area contributed by atoms with E-state index in [1.165, 1.54) is 0 Å². The summed E-state index contributed by atoms with van der Waals surface area (Å²) in [4.78, 5) is 35.7. The highest BCUT2D eigenvalue weighted by Gasteiger charge is 2.35. The summed E-state index contributed by atoms with van der Waals surface area (Å²) in [7, 11) is 0. The van der Waals surface area contributed by atoms with Crippen molar-refractivity contribution < 1.29 is 29.0 Å². The minimum atomic E-state index is -0.983. The van der Waals surface area contributed by atoms with Gasteiger partial charge < -0.3 is 25.2 Å². The number of ether oxygens (including phenoxy) is 2. The second-order valence-electron chi connectivity index (χ2n) is 8.55. The van der Waals surface area contributed by atoms with Crippen molar-refractivity contribution >= 4 is 18.0 Å². The molecule has 2 aromatic carbocycles. The maximum atomic E-state index is 12.5. The van der Waals surface area contributed by atoms with Crippen molar-refractivity contribution in [2.24, 2.45) is 5.92 Å². The number of carboxylic acids is 1. The lowest BCUT2D eigenvalue weighted by atomic mass is 9.98. The molecule has 1 fully saturated rings. The lowest BCUT2D eigenvalue weighted by molar-refractivity contribution is -0.138. The SMILES string of the molecule is C[C@H](CC(=O)O)NC(=O)C1OCCC1CNC(=O)OCC1c2ccccc2-c2ccccc21. The van der Waals surface area contributed by atoms with Crippen LogP contribution in [-0.4, -0.2) is 55.0 Å². The molecule has 0 aromatic heterocycles. The number of alkyl carbamates (subject to hydrolysis) is 1. The third-order valence-electron chi connectivity index (χ3n) is 6.19. The Hall–Kier alpha value is -3.39. The quantitative estimate of drug-likeness (QED) is 0.568. The third-order valence-corrected chi connectivity index (χ3v) is 6.19. The van der Waals surface area contributed by atoms with Crippen LogP contribution in [0.25, 0.3) is 11.1 Å². The highest BCUT2D eigenvalue weighted by atomic mass is 16.5. The molecule has 1 aliphatic heterocycles. The van der Waals surface area contributed by atoms with Gasteiger partial charge in [0.05, 0.1) is 6.42 Å². The molecule has 0 saturated carbocycles. The lowest BCUT2D eigenvalue weighted by Crippen LogP contribution is -2.45. The first kappa shape index (κ1) is 22.8. The van der Waals surface area contributed by atoms with Crippen LogP contribution >= 0.6 is 0 Å². The van der Waals surface area contributed by atoms with E-state index < -0.39 is 24.2 Å². The number of fused-ring (bicyclic) bond motifs is 3. The van der Waals surface area contributed by atoms with E-state index in [1.54, 1.807) is 6.92 Å². The fourth-order valence-corrected chi connectivity index (χ4v) is 4.63. The molecule has 8 heteroatoms. The van der Waals surface area contributed by atoms with Gasteiger partial charge in [-0.05, 0) is 35.6 Å². The van der Waals surface area contributed by atoms with Gasteiger partial charge in [0.25, 0.3) is 0 Å². The minimum Gasteiger partial charge on any atom is -0.481 e. The maximum Gasteiger partial charge on any atom is 0.407 e. The summed E-state index contributed by atoms with van der Waals surface area (Å²) >= 11 is 0. The molecule has 1 heterocycles. The Morgan fingerprint density at radius 1 is 1.09 bits per heavy atom. The number of carbonyl (C=O) groups excluding carboxylic acids is 2. The van der Waals surface area contributed by atoms with Crippen molar-refractivity contribution in [3.8, 4) is 11.1 Å². The number of hydrogen-bond donors (Lipinski definition) is 3. The largest absolute Gasteiger partial charge is 0.481 e. The highest BCUT2D eigenvalue weighted by Crippen LogP contribution is 2.44. The fraction of sp³-hybridized carbons (Fsp3) is 0.400. The molecule has 0 radical (unpaired) electrons. The molecule has 1 saturated heterocycles. The van der Waals surface area contributed by atoms with E-state index in [0.717, 1.165) is 22.3 Å². The minimum absolute atomic E-state index is 0.0211. The lowest BCUT2D eigenvalue weighted by Gasteiger charge is -2.21. The predicted octanol–water partition coefficient (Wildman–Crippen LogP) is 2.91. The summed E-state index contributed by atoms with van der Waals surface area (Å²) in [6.45, 7) is 2.49. The number of carboxylic acid groups (broad SMARTS) is 1. The molecule has 33 heavy (non-hydrogen) atoms. The monoisotopic (exact) mass is 452 g/mol. The van der Waals surface area contributed by atoms with E-state index in [9.17, 15) is 14.4 Å². The molecule has 2 aromatic rings. The van der Waals surface area contributed by atoms with Crippen LogP contribution in [0.5, 0.6) is 0 Å². The number of hydrogen-bond acceptors (Lipinski definition) is 5. The van der Waals surface area contributed by atoms with Gasteiger partial charge in [-0.15, -0.1) is 0 Å². The van der Waals surface area contributed by atoms with Gasteiger partial charge in [0.15, 0.2) is 0 Å². The Morgan fingerprint density at radius 3 is 2.36 bits per heavy atom. The number of rotatable bonds is 8. The second kappa shape index (κ2) is 10.0. The zero-order valence-corrected chi connectivity index (χ0v) is 18.5. The Kier molecular flexibility index (Phi) is 6.93. The predicted molar refractivity (Wildman–Crippen MR) is 121 cm³/mol. The highest BCUT2D eigenvalue weighted by molar-refractivity contribution is 5.82. The summed E-state index contributed by atoms with van der Waals surface area (Å²) in [5.41, 5.74) is 4.61. The average Bonchev–Trinajstić information content (AvgIpc) is 3.38. The van der Waals surface area contributed by atoms with Gasteiger partial charge in [0.2, 0.25) is 5.91 Å². The number of carbonyl (C=O) groups is 3. The second-order valence-corrected chi connectivity index (χ2v) is 8.55. The van der Waals surface area contributed by atoms with Crippen molar-refractivity contribution in [3.63, 3.8) is 0 Å². The van der Waals surface area contributed by atoms with Gasteiger partial charge in [-0.3, -0.25) is 9.59 Å². The first-order chi connectivity index (χ1) is 15.9. The van der Waals surface area contributed by atoms with Gasteiger partial charge >= 0.3 is 12.1 Å². The topological polar surface area (TPSA) is 114 Å². The van der Waals surface area contributed by atoms with Crippen LogP contribution in [0.15, 0.2) is 48.5 Å². The van der Waals surface area contributed by atoms with E-state index in [2.05, 4.69) is 34.9 Å². The molecule has 3 N–H and O–H groups in total. The zero-order valence-electron chi connectivity index (χ0n) is 18.5. The average molecular weight is 453 g/mol. The van der Waals surface area contributed by atoms with Crippen LogP contribution in [-0.2, 0) is 19.1 Å². The van der Waals surface area contributed by atoms with Gasteiger partial charge in [-0.1, -0.05) is 48.5 Å². The summed E-state index contributed by atoms with van der Waals surface area (Å²) in [6.07, 6.45) is -0.812. The number of aliphatic carboxylic acids is 1. The van der Waals surface area contributed by atoms with Crippen LogP contribution in [0.3, 0.4) is 0 Å². The van der Waals surface area contributed by atoms with Gasteiger partial charge in [-0.2, -0.15) is 0 Å². The third kappa shape index (κ3) is 5.17.